The van der Waals surface area contributed by atoms with Crippen LogP contribution in [0.2, 0.25) is 0 Å². The van der Waals surface area contributed by atoms with Crippen LogP contribution in [0.3, 0.4) is 0 Å². The molecule has 0 aliphatic heterocycles. The highest BCUT2D eigenvalue weighted by atomic mass is 32.2. The van der Waals surface area contributed by atoms with E-state index in [0.29, 0.717) is 24.1 Å². The highest BCUT2D eigenvalue weighted by Gasteiger charge is 2.16. The van der Waals surface area contributed by atoms with E-state index in [1.54, 1.807) is 11.8 Å². The van der Waals surface area contributed by atoms with Gasteiger partial charge in [0.1, 0.15) is 0 Å². The van der Waals surface area contributed by atoms with E-state index in [1.165, 1.54) is 0 Å². The van der Waals surface area contributed by atoms with E-state index in [-0.39, 0.29) is 4.75 Å². The SMILES string of the molecule is CC(C)CC(O)Cc1nc(CSC(C)(C)C)no1. The number of rotatable bonds is 6. The molecule has 0 bridgehead atoms. The quantitative estimate of drug-likeness (QED) is 0.862. The summed E-state index contributed by atoms with van der Waals surface area (Å²) in [5, 5.41) is 13.7. The summed E-state index contributed by atoms with van der Waals surface area (Å²) in [6.45, 7) is 10.6. The zero-order chi connectivity index (χ0) is 13.8. The standard InChI is InChI=1S/C13H24N2O2S/c1-9(2)6-10(16)7-12-14-11(15-17-12)8-18-13(3,4)5/h9-10,16H,6-8H2,1-5H3. The van der Waals surface area contributed by atoms with Crippen molar-refractivity contribution in [2.24, 2.45) is 5.92 Å². The van der Waals surface area contributed by atoms with Crippen LogP contribution in [-0.2, 0) is 12.2 Å². The smallest absolute Gasteiger partial charge is 0.229 e. The van der Waals surface area contributed by atoms with Crippen molar-refractivity contribution in [2.75, 3.05) is 0 Å². The van der Waals surface area contributed by atoms with Gasteiger partial charge in [-0.3, -0.25) is 0 Å². The van der Waals surface area contributed by atoms with Gasteiger partial charge in [-0.15, -0.1) is 11.8 Å². The van der Waals surface area contributed by atoms with Crippen LogP contribution < -0.4 is 0 Å². The van der Waals surface area contributed by atoms with Gasteiger partial charge in [0.15, 0.2) is 5.82 Å². The summed E-state index contributed by atoms with van der Waals surface area (Å²) in [5.41, 5.74) is 0. The van der Waals surface area contributed by atoms with Crippen molar-refractivity contribution >= 4 is 11.8 Å². The second-order valence-electron chi connectivity index (χ2n) is 5.99. The first-order valence-corrected chi connectivity index (χ1v) is 7.38. The first kappa shape index (κ1) is 15.5. The lowest BCUT2D eigenvalue weighted by atomic mass is 10.0. The molecule has 0 saturated heterocycles. The fourth-order valence-corrected chi connectivity index (χ4v) is 2.22. The molecule has 0 aromatic carbocycles. The summed E-state index contributed by atoms with van der Waals surface area (Å²) in [6.07, 6.45) is 0.813. The number of thioether (sulfide) groups is 1. The van der Waals surface area contributed by atoms with Crippen molar-refractivity contribution in [3.63, 3.8) is 0 Å². The van der Waals surface area contributed by atoms with Gasteiger partial charge in [-0.25, -0.2) is 0 Å². The van der Waals surface area contributed by atoms with E-state index < -0.39 is 6.10 Å². The maximum atomic E-state index is 9.81. The molecule has 1 atom stereocenters. The van der Waals surface area contributed by atoms with Gasteiger partial charge in [-0.2, -0.15) is 4.98 Å². The Labute approximate surface area is 114 Å². The molecule has 1 aromatic rings. The van der Waals surface area contributed by atoms with Crippen LogP contribution in [0.1, 0.15) is 52.8 Å². The largest absolute Gasteiger partial charge is 0.393 e. The minimum atomic E-state index is -0.395. The van der Waals surface area contributed by atoms with Crippen LogP contribution in [0.25, 0.3) is 0 Å². The van der Waals surface area contributed by atoms with Gasteiger partial charge in [0.25, 0.3) is 0 Å². The van der Waals surface area contributed by atoms with E-state index >= 15 is 0 Å². The number of nitrogens with zero attached hydrogens (tertiary/aromatic N) is 2. The first-order valence-electron chi connectivity index (χ1n) is 6.40. The van der Waals surface area contributed by atoms with Crippen molar-refractivity contribution in [1.82, 2.24) is 10.1 Å². The van der Waals surface area contributed by atoms with E-state index in [0.717, 1.165) is 12.2 Å². The average molecular weight is 272 g/mol. The van der Waals surface area contributed by atoms with Crippen LogP contribution in [0.15, 0.2) is 4.52 Å². The Balaban J connectivity index is 2.43. The third kappa shape index (κ3) is 6.40. The summed E-state index contributed by atoms with van der Waals surface area (Å²) < 4.78 is 5.34. The van der Waals surface area contributed by atoms with Crippen LogP contribution in [0, 0.1) is 5.92 Å². The molecule has 0 fully saturated rings. The molecule has 4 nitrogen and oxygen atoms in total. The molecule has 18 heavy (non-hydrogen) atoms. The van der Waals surface area contributed by atoms with Gasteiger partial charge in [0.05, 0.1) is 18.3 Å². The molecule has 0 spiro atoms. The predicted octanol–water partition coefficient (Wildman–Crippen LogP) is 3.05. The number of aliphatic hydroxyl groups is 1. The van der Waals surface area contributed by atoms with Gasteiger partial charge in [-0.1, -0.05) is 39.8 Å². The average Bonchev–Trinajstić information content (AvgIpc) is 2.60. The Morgan fingerprint density at radius 2 is 2.00 bits per heavy atom. The summed E-state index contributed by atoms with van der Waals surface area (Å²) in [4.78, 5) is 4.30. The molecule has 1 N–H and O–H groups in total. The molecule has 0 aliphatic carbocycles. The summed E-state index contributed by atoms with van der Waals surface area (Å²) in [6, 6.07) is 0. The minimum Gasteiger partial charge on any atom is -0.393 e. The maximum Gasteiger partial charge on any atom is 0.229 e. The monoisotopic (exact) mass is 272 g/mol. The van der Waals surface area contributed by atoms with E-state index in [2.05, 4.69) is 44.8 Å². The van der Waals surface area contributed by atoms with E-state index in [9.17, 15) is 5.11 Å². The van der Waals surface area contributed by atoms with Gasteiger partial charge in [0, 0.05) is 4.75 Å². The number of hydrogen-bond donors (Lipinski definition) is 1. The van der Waals surface area contributed by atoms with E-state index in [1.807, 2.05) is 0 Å². The minimum absolute atomic E-state index is 0.192. The van der Waals surface area contributed by atoms with Crippen LogP contribution in [-0.4, -0.2) is 26.1 Å². The lowest BCUT2D eigenvalue weighted by Crippen LogP contribution is -2.13. The molecule has 0 radical (unpaired) electrons. The first-order chi connectivity index (χ1) is 8.26. The second kappa shape index (κ2) is 6.57. The molecule has 1 aromatic heterocycles. The lowest BCUT2D eigenvalue weighted by Gasteiger charge is -2.15. The molecule has 1 heterocycles. The zero-order valence-corrected chi connectivity index (χ0v) is 12.8. The third-order valence-electron chi connectivity index (χ3n) is 2.30. The Morgan fingerprint density at radius 3 is 2.56 bits per heavy atom. The van der Waals surface area contributed by atoms with Crippen LogP contribution >= 0.6 is 11.8 Å². The van der Waals surface area contributed by atoms with Crippen LogP contribution in [0.5, 0.6) is 0 Å². The Kier molecular flexibility index (Phi) is 5.66. The Hall–Kier alpha value is -0.550. The molecule has 0 amide bonds. The second-order valence-corrected chi connectivity index (χ2v) is 7.79. The Bertz CT molecular complexity index is 358. The predicted molar refractivity (Wildman–Crippen MR) is 74.5 cm³/mol. The normalized spacial score (nSPS) is 14.2. The Morgan fingerprint density at radius 1 is 1.33 bits per heavy atom. The van der Waals surface area contributed by atoms with Crippen molar-refractivity contribution < 1.29 is 9.63 Å². The van der Waals surface area contributed by atoms with Crippen molar-refractivity contribution in [2.45, 2.75) is 64.1 Å². The van der Waals surface area contributed by atoms with Crippen molar-refractivity contribution in [3.8, 4) is 0 Å². The highest BCUT2D eigenvalue weighted by molar-refractivity contribution is 7.99. The van der Waals surface area contributed by atoms with Gasteiger partial charge < -0.3 is 9.63 Å². The molecule has 0 saturated carbocycles. The topological polar surface area (TPSA) is 59.2 Å². The third-order valence-corrected chi connectivity index (χ3v) is 3.57. The van der Waals surface area contributed by atoms with Gasteiger partial charge in [0.2, 0.25) is 5.89 Å². The number of aliphatic hydroxyl groups excluding tert-OH is 1. The molecule has 0 aliphatic rings. The summed E-state index contributed by atoms with van der Waals surface area (Å²) in [5.74, 6) is 2.46. The van der Waals surface area contributed by atoms with E-state index in [4.69, 9.17) is 4.52 Å². The lowest BCUT2D eigenvalue weighted by molar-refractivity contribution is 0.138. The molecule has 104 valence electrons. The number of aromatic nitrogens is 2. The molecule has 5 heteroatoms. The van der Waals surface area contributed by atoms with Crippen molar-refractivity contribution in [1.29, 1.82) is 0 Å². The van der Waals surface area contributed by atoms with Gasteiger partial charge >= 0.3 is 0 Å². The molecular weight excluding hydrogens is 248 g/mol. The summed E-state index contributed by atoms with van der Waals surface area (Å²) >= 11 is 1.78. The van der Waals surface area contributed by atoms with Gasteiger partial charge in [-0.05, 0) is 12.3 Å². The fourth-order valence-electron chi connectivity index (χ4n) is 1.54. The molecule has 1 unspecified atom stereocenters. The highest BCUT2D eigenvalue weighted by Crippen LogP contribution is 2.26. The zero-order valence-electron chi connectivity index (χ0n) is 11.9. The van der Waals surface area contributed by atoms with Crippen LogP contribution in [0.4, 0.5) is 0 Å². The molecule has 1 rings (SSSR count). The van der Waals surface area contributed by atoms with Crippen molar-refractivity contribution in [3.05, 3.63) is 11.7 Å². The number of hydrogen-bond acceptors (Lipinski definition) is 5. The fraction of sp³-hybridized carbons (Fsp3) is 0.846. The molecular formula is C13H24N2O2S. The maximum absolute atomic E-state index is 9.81. The summed E-state index contributed by atoms with van der Waals surface area (Å²) in [7, 11) is 0.